The molecule has 0 spiro atoms. The van der Waals surface area contributed by atoms with Crippen molar-refractivity contribution in [3.8, 4) is 0 Å². The predicted molar refractivity (Wildman–Crippen MR) is 77.9 cm³/mol. The summed E-state index contributed by atoms with van der Waals surface area (Å²) in [6.07, 6.45) is -0.725. The summed E-state index contributed by atoms with van der Waals surface area (Å²) < 4.78 is 13.8. The van der Waals surface area contributed by atoms with Crippen molar-refractivity contribution in [3.63, 3.8) is 0 Å². The highest BCUT2D eigenvalue weighted by molar-refractivity contribution is 5.77. The van der Waals surface area contributed by atoms with E-state index in [1.165, 1.54) is 6.07 Å². The zero-order chi connectivity index (χ0) is 15.1. The number of carbonyl (C=O) groups is 1. The lowest BCUT2D eigenvalue weighted by molar-refractivity contribution is 0.193. The lowest BCUT2D eigenvalue weighted by atomic mass is 10.0. The van der Waals surface area contributed by atoms with Gasteiger partial charge in [0, 0.05) is 37.4 Å². The number of piperazine rings is 1. The molecule has 0 bridgehead atoms. The molecule has 0 aliphatic carbocycles. The van der Waals surface area contributed by atoms with Crippen LogP contribution in [0.15, 0.2) is 12.1 Å². The van der Waals surface area contributed by atoms with Gasteiger partial charge < -0.3 is 20.2 Å². The number of amides is 2. The summed E-state index contributed by atoms with van der Waals surface area (Å²) in [6, 6.07) is 3.33. The van der Waals surface area contributed by atoms with Gasteiger partial charge >= 0.3 is 6.03 Å². The Morgan fingerprint density at radius 3 is 2.90 bits per heavy atom. The Morgan fingerprint density at radius 2 is 2.19 bits per heavy atom. The highest BCUT2D eigenvalue weighted by Gasteiger charge is 2.36. The number of nitrogens with one attached hydrogen (secondary N) is 1. The van der Waals surface area contributed by atoms with Crippen LogP contribution >= 0.6 is 0 Å². The summed E-state index contributed by atoms with van der Waals surface area (Å²) in [5.74, 6) is -0.300. The fourth-order valence-electron chi connectivity index (χ4n) is 3.11. The zero-order valence-corrected chi connectivity index (χ0v) is 12.3. The van der Waals surface area contributed by atoms with E-state index in [0.29, 0.717) is 37.3 Å². The molecule has 2 aliphatic rings. The number of aryl methyl sites for hydroxylation is 1. The smallest absolute Gasteiger partial charge is 0.317 e. The molecular formula is C15H20FN3O2. The number of carbonyl (C=O) groups excluding carboxylic acids is 1. The third-order valence-corrected chi connectivity index (χ3v) is 4.33. The van der Waals surface area contributed by atoms with Crippen LogP contribution in [0.2, 0.25) is 0 Å². The van der Waals surface area contributed by atoms with Crippen LogP contribution in [0.25, 0.3) is 0 Å². The van der Waals surface area contributed by atoms with Crippen LogP contribution in [0.3, 0.4) is 0 Å². The first-order valence-corrected chi connectivity index (χ1v) is 7.25. The average molecular weight is 293 g/mol. The molecule has 2 fully saturated rings. The first kappa shape index (κ1) is 14.1. The molecule has 0 aromatic heterocycles. The zero-order valence-electron chi connectivity index (χ0n) is 12.3. The average Bonchev–Trinajstić information content (AvgIpc) is 2.82. The summed E-state index contributed by atoms with van der Waals surface area (Å²) in [6.45, 7) is 6.04. The number of benzene rings is 1. The van der Waals surface area contributed by atoms with Crippen LogP contribution in [0, 0.1) is 12.7 Å². The van der Waals surface area contributed by atoms with Gasteiger partial charge in [0.1, 0.15) is 5.82 Å². The number of fused-ring (bicyclic) bond motifs is 1. The molecule has 2 N–H and O–H groups in total. The molecular weight excluding hydrogens is 273 g/mol. The molecule has 21 heavy (non-hydrogen) atoms. The number of hydrogen-bond acceptors (Lipinski definition) is 3. The maximum atomic E-state index is 13.8. The van der Waals surface area contributed by atoms with E-state index in [0.717, 1.165) is 5.69 Å². The number of anilines is 1. The molecule has 0 radical (unpaired) electrons. The third kappa shape index (κ3) is 2.44. The van der Waals surface area contributed by atoms with Crippen LogP contribution < -0.4 is 10.2 Å². The maximum Gasteiger partial charge on any atom is 0.317 e. The summed E-state index contributed by atoms with van der Waals surface area (Å²) in [7, 11) is 0. The van der Waals surface area contributed by atoms with Crippen LogP contribution in [0.5, 0.6) is 0 Å². The molecule has 2 amide bonds. The molecule has 0 saturated carbocycles. The monoisotopic (exact) mass is 293 g/mol. The molecule has 2 atom stereocenters. The van der Waals surface area contributed by atoms with Crippen molar-refractivity contribution in [2.24, 2.45) is 0 Å². The van der Waals surface area contributed by atoms with Crippen molar-refractivity contribution >= 4 is 11.7 Å². The van der Waals surface area contributed by atoms with E-state index in [9.17, 15) is 14.3 Å². The molecule has 5 nitrogen and oxygen atoms in total. The summed E-state index contributed by atoms with van der Waals surface area (Å²) >= 11 is 0. The van der Waals surface area contributed by atoms with Gasteiger partial charge in [-0.2, -0.15) is 0 Å². The Morgan fingerprint density at radius 1 is 1.43 bits per heavy atom. The second kappa shape index (κ2) is 5.18. The third-order valence-electron chi connectivity index (χ3n) is 4.33. The number of urea groups is 1. The van der Waals surface area contributed by atoms with E-state index in [1.54, 1.807) is 19.9 Å². The highest BCUT2D eigenvalue weighted by atomic mass is 19.1. The van der Waals surface area contributed by atoms with Crippen molar-refractivity contribution in [2.45, 2.75) is 26.0 Å². The quantitative estimate of drug-likeness (QED) is 0.866. The van der Waals surface area contributed by atoms with Crippen molar-refractivity contribution in [2.75, 3.05) is 31.1 Å². The summed E-state index contributed by atoms with van der Waals surface area (Å²) in [5.41, 5.74) is 2.03. The lowest BCUT2D eigenvalue weighted by Gasteiger charge is -2.39. The fraction of sp³-hybridized carbons (Fsp3) is 0.533. The van der Waals surface area contributed by atoms with Gasteiger partial charge in [0.05, 0.1) is 12.1 Å². The number of rotatable bonds is 2. The van der Waals surface area contributed by atoms with Gasteiger partial charge in [-0.05, 0) is 31.5 Å². The largest absolute Gasteiger partial charge is 0.389 e. The van der Waals surface area contributed by atoms with E-state index >= 15 is 0 Å². The van der Waals surface area contributed by atoms with Gasteiger partial charge in [0.15, 0.2) is 0 Å². The number of nitrogens with zero attached hydrogens (tertiary/aromatic N) is 2. The molecule has 3 rings (SSSR count). The van der Waals surface area contributed by atoms with E-state index in [1.807, 2.05) is 4.90 Å². The van der Waals surface area contributed by atoms with Gasteiger partial charge in [0.2, 0.25) is 0 Å². The maximum absolute atomic E-state index is 13.8. The summed E-state index contributed by atoms with van der Waals surface area (Å²) in [5, 5.41) is 12.8. The fourth-order valence-corrected chi connectivity index (χ4v) is 3.11. The Bertz CT molecular complexity index is 576. The minimum absolute atomic E-state index is 0.00862. The number of halogens is 1. The topological polar surface area (TPSA) is 55.8 Å². The van der Waals surface area contributed by atoms with Crippen LogP contribution in [-0.2, 0) is 0 Å². The predicted octanol–water partition coefficient (Wildman–Crippen LogP) is 1.40. The van der Waals surface area contributed by atoms with E-state index in [2.05, 4.69) is 10.2 Å². The number of aliphatic hydroxyl groups excluding tert-OH is 1. The Labute approximate surface area is 123 Å². The SMILES string of the molecule is Cc1cc(N2CCN3C(=O)NCC3C2)c([C@@H](C)O)cc1F. The normalized spacial score (nSPS) is 23.0. The van der Waals surface area contributed by atoms with Gasteiger partial charge in [-0.1, -0.05) is 0 Å². The van der Waals surface area contributed by atoms with Crippen molar-refractivity contribution in [1.29, 1.82) is 0 Å². The molecule has 114 valence electrons. The molecule has 2 aliphatic heterocycles. The Hall–Kier alpha value is -1.82. The lowest BCUT2D eigenvalue weighted by Crippen LogP contribution is -2.52. The standard InChI is InChI=1S/C15H20FN3O2/c1-9-5-14(12(10(2)20)6-13(9)16)18-3-4-19-11(8-18)7-17-15(19)21/h5-6,10-11,20H,3-4,7-8H2,1-2H3,(H,17,21)/t10-,11?/m1/s1. The van der Waals surface area contributed by atoms with Crippen LogP contribution in [0.1, 0.15) is 24.2 Å². The highest BCUT2D eigenvalue weighted by Crippen LogP contribution is 2.31. The minimum atomic E-state index is -0.725. The summed E-state index contributed by atoms with van der Waals surface area (Å²) in [4.78, 5) is 15.6. The van der Waals surface area contributed by atoms with Gasteiger partial charge in [-0.15, -0.1) is 0 Å². The first-order valence-electron chi connectivity index (χ1n) is 7.25. The van der Waals surface area contributed by atoms with Crippen molar-refractivity contribution in [1.82, 2.24) is 10.2 Å². The van der Waals surface area contributed by atoms with Crippen LogP contribution in [-0.4, -0.2) is 48.3 Å². The van der Waals surface area contributed by atoms with Crippen molar-refractivity contribution < 1.29 is 14.3 Å². The Kier molecular flexibility index (Phi) is 3.49. The number of hydrogen-bond donors (Lipinski definition) is 2. The molecule has 1 aromatic rings. The minimum Gasteiger partial charge on any atom is -0.389 e. The molecule has 2 heterocycles. The second-order valence-corrected chi connectivity index (χ2v) is 5.82. The molecule has 1 unspecified atom stereocenters. The van der Waals surface area contributed by atoms with Crippen molar-refractivity contribution in [3.05, 3.63) is 29.1 Å². The second-order valence-electron chi connectivity index (χ2n) is 5.82. The van der Waals surface area contributed by atoms with Gasteiger partial charge in [-0.3, -0.25) is 0 Å². The molecule has 6 heteroatoms. The van der Waals surface area contributed by atoms with E-state index in [-0.39, 0.29) is 17.9 Å². The van der Waals surface area contributed by atoms with E-state index in [4.69, 9.17) is 0 Å². The van der Waals surface area contributed by atoms with Gasteiger partial charge in [0.25, 0.3) is 0 Å². The van der Waals surface area contributed by atoms with Gasteiger partial charge in [-0.25, -0.2) is 9.18 Å². The molecule has 2 saturated heterocycles. The van der Waals surface area contributed by atoms with E-state index < -0.39 is 6.10 Å². The Balaban J connectivity index is 1.90. The molecule has 1 aromatic carbocycles. The first-order chi connectivity index (χ1) is 9.97. The number of aliphatic hydroxyl groups is 1. The van der Waals surface area contributed by atoms with Crippen LogP contribution in [0.4, 0.5) is 14.9 Å².